The molecule has 6 N–H and O–H groups in total. The van der Waals surface area contributed by atoms with Gasteiger partial charge in [0.25, 0.3) is 5.91 Å². The topological polar surface area (TPSA) is 194 Å². The number of aromatic nitrogens is 2. The van der Waals surface area contributed by atoms with Crippen LogP contribution in [0.2, 0.25) is 0 Å². The van der Waals surface area contributed by atoms with Gasteiger partial charge in [0.1, 0.15) is 24.4 Å². The van der Waals surface area contributed by atoms with E-state index in [0.29, 0.717) is 12.1 Å². The standard InChI is InChI=1S/C24H29N7O6/c1-14-13-37-19-5-3-2-4-16(19)22(34)31-18(23(35)28-7-6-15-12-26-8-9-27-15)11-21(33)30-17(10-20(25)32)24(36)29-14/h2-5,8-9,12,14,17-18H,6-7,10-11,13H2,1H3,(H2,25,32)(H,28,35)(H,29,36)(H,30,33)(H,31,34)/t14-,17+,18+/m1/s1. The number of primary amides is 1. The van der Waals surface area contributed by atoms with E-state index in [2.05, 4.69) is 31.2 Å². The maximum Gasteiger partial charge on any atom is 0.255 e. The van der Waals surface area contributed by atoms with Crippen LogP contribution in [0.3, 0.4) is 0 Å². The molecule has 1 aliphatic rings. The van der Waals surface area contributed by atoms with Crippen molar-refractivity contribution in [3.63, 3.8) is 0 Å². The number of carbonyl (C=O) groups is 5. The van der Waals surface area contributed by atoms with Crippen LogP contribution in [0.4, 0.5) is 0 Å². The van der Waals surface area contributed by atoms with E-state index in [1.165, 1.54) is 18.5 Å². The molecule has 3 atom stereocenters. The Morgan fingerprint density at radius 2 is 1.92 bits per heavy atom. The van der Waals surface area contributed by atoms with Gasteiger partial charge in [-0.3, -0.25) is 33.9 Å². The number of hydrogen-bond acceptors (Lipinski definition) is 8. The lowest BCUT2D eigenvalue weighted by molar-refractivity contribution is -0.133. The lowest BCUT2D eigenvalue weighted by atomic mass is 10.1. The minimum absolute atomic E-state index is 0.000432. The summed E-state index contributed by atoms with van der Waals surface area (Å²) in [6.07, 6.45) is 4.05. The molecule has 0 aliphatic carbocycles. The molecule has 0 bridgehead atoms. The summed E-state index contributed by atoms with van der Waals surface area (Å²) >= 11 is 0. The number of nitrogens with one attached hydrogen (secondary N) is 4. The normalized spacial score (nSPS) is 20.7. The largest absolute Gasteiger partial charge is 0.491 e. The summed E-state index contributed by atoms with van der Waals surface area (Å²) in [5, 5.41) is 10.3. The van der Waals surface area contributed by atoms with Crippen molar-refractivity contribution in [3.8, 4) is 5.75 Å². The summed E-state index contributed by atoms with van der Waals surface area (Å²) in [7, 11) is 0. The van der Waals surface area contributed by atoms with Crippen LogP contribution in [0.5, 0.6) is 5.75 Å². The third-order valence-electron chi connectivity index (χ3n) is 5.37. The van der Waals surface area contributed by atoms with Crippen LogP contribution in [-0.4, -0.2) is 70.8 Å². The smallest absolute Gasteiger partial charge is 0.255 e. The highest BCUT2D eigenvalue weighted by Crippen LogP contribution is 2.19. The molecular formula is C24H29N7O6. The third kappa shape index (κ3) is 8.26. The van der Waals surface area contributed by atoms with E-state index < -0.39 is 60.5 Å². The minimum atomic E-state index is -1.29. The number of rotatable bonds is 6. The van der Waals surface area contributed by atoms with E-state index in [9.17, 15) is 24.0 Å². The zero-order valence-electron chi connectivity index (χ0n) is 20.2. The first-order chi connectivity index (χ1) is 17.7. The van der Waals surface area contributed by atoms with Gasteiger partial charge in [-0.05, 0) is 19.1 Å². The van der Waals surface area contributed by atoms with E-state index in [0.717, 1.165) is 0 Å². The Balaban J connectivity index is 1.82. The van der Waals surface area contributed by atoms with Crippen LogP contribution < -0.4 is 31.7 Å². The van der Waals surface area contributed by atoms with E-state index in [-0.39, 0.29) is 24.5 Å². The van der Waals surface area contributed by atoms with Gasteiger partial charge in [0.05, 0.1) is 30.1 Å². The SMILES string of the molecule is C[C@@H]1COc2ccccc2C(=O)N[C@H](C(=O)NCCc2cnccn2)CC(=O)N[C@@H](CC(N)=O)C(=O)N1. The fourth-order valence-corrected chi connectivity index (χ4v) is 3.57. The Bertz CT molecular complexity index is 1140. The Morgan fingerprint density at radius 1 is 1.14 bits per heavy atom. The molecule has 0 fully saturated rings. The first kappa shape index (κ1) is 27.0. The van der Waals surface area contributed by atoms with Gasteiger partial charge in [0.2, 0.25) is 23.6 Å². The van der Waals surface area contributed by atoms with Crippen LogP contribution in [0.15, 0.2) is 42.9 Å². The number of fused-ring (bicyclic) bond motifs is 1. The molecule has 13 heteroatoms. The molecule has 1 aliphatic heterocycles. The summed E-state index contributed by atoms with van der Waals surface area (Å²) in [5.41, 5.74) is 6.06. The summed E-state index contributed by atoms with van der Waals surface area (Å²) in [6.45, 7) is 1.84. The first-order valence-electron chi connectivity index (χ1n) is 11.7. The third-order valence-corrected chi connectivity index (χ3v) is 5.37. The average Bonchev–Trinajstić information content (AvgIpc) is 2.86. The van der Waals surface area contributed by atoms with Crippen LogP contribution in [-0.2, 0) is 25.6 Å². The molecule has 0 radical (unpaired) electrons. The van der Waals surface area contributed by atoms with Crippen LogP contribution in [0, 0.1) is 0 Å². The van der Waals surface area contributed by atoms with E-state index in [4.69, 9.17) is 10.5 Å². The predicted molar refractivity (Wildman–Crippen MR) is 130 cm³/mol. The van der Waals surface area contributed by atoms with Gasteiger partial charge in [-0.1, -0.05) is 12.1 Å². The number of nitrogens with zero attached hydrogens (tertiary/aromatic N) is 2. The number of benzene rings is 1. The quantitative estimate of drug-likeness (QED) is 0.312. The molecule has 2 heterocycles. The molecule has 2 aromatic rings. The van der Waals surface area contributed by atoms with Crippen LogP contribution in [0.25, 0.3) is 0 Å². The fraction of sp³-hybridized carbons (Fsp3) is 0.375. The molecule has 1 aromatic heterocycles. The number of hydrogen-bond donors (Lipinski definition) is 5. The molecule has 13 nitrogen and oxygen atoms in total. The Labute approximate surface area is 212 Å². The van der Waals surface area contributed by atoms with Gasteiger partial charge >= 0.3 is 0 Å². The molecule has 0 unspecified atom stereocenters. The van der Waals surface area contributed by atoms with Crippen molar-refractivity contribution < 1.29 is 28.7 Å². The van der Waals surface area contributed by atoms with Crippen molar-refractivity contribution in [2.75, 3.05) is 13.2 Å². The maximum atomic E-state index is 13.1. The van der Waals surface area contributed by atoms with Crippen molar-refractivity contribution in [1.82, 2.24) is 31.2 Å². The number of amides is 5. The number of nitrogens with two attached hydrogens (primary N) is 1. The monoisotopic (exact) mass is 511 g/mol. The van der Waals surface area contributed by atoms with Crippen LogP contribution in [0.1, 0.15) is 35.8 Å². The lowest BCUT2D eigenvalue weighted by Crippen LogP contribution is -2.54. The molecule has 196 valence electrons. The summed E-state index contributed by atoms with van der Waals surface area (Å²) in [6, 6.07) is 3.32. The van der Waals surface area contributed by atoms with Crippen molar-refractivity contribution in [2.24, 2.45) is 5.73 Å². The van der Waals surface area contributed by atoms with E-state index in [1.807, 2.05) is 0 Å². The van der Waals surface area contributed by atoms with E-state index >= 15 is 0 Å². The summed E-state index contributed by atoms with van der Waals surface area (Å²) < 4.78 is 5.74. The molecule has 5 amide bonds. The van der Waals surface area contributed by atoms with Crippen molar-refractivity contribution in [2.45, 2.75) is 44.3 Å². The Morgan fingerprint density at radius 3 is 2.65 bits per heavy atom. The van der Waals surface area contributed by atoms with Gasteiger partial charge in [-0.25, -0.2) is 0 Å². The van der Waals surface area contributed by atoms with Gasteiger partial charge < -0.3 is 31.7 Å². The molecule has 0 saturated carbocycles. The first-order valence-corrected chi connectivity index (χ1v) is 11.7. The van der Waals surface area contributed by atoms with Crippen molar-refractivity contribution >= 4 is 29.5 Å². The molecule has 1 aromatic carbocycles. The molecular weight excluding hydrogens is 482 g/mol. The molecule has 0 spiro atoms. The second kappa shape index (κ2) is 13.0. The second-order valence-corrected chi connectivity index (χ2v) is 8.48. The fourth-order valence-electron chi connectivity index (χ4n) is 3.57. The summed E-state index contributed by atoms with van der Waals surface area (Å²) in [5.74, 6) is -3.18. The molecule has 37 heavy (non-hydrogen) atoms. The number of para-hydroxylation sites is 1. The highest BCUT2D eigenvalue weighted by atomic mass is 16.5. The summed E-state index contributed by atoms with van der Waals surface area (Å²) in [4.78, 5) is 71.2. The number of carbonyl (C=O) groups excluding carboxylic acids is 5. The number of ether oxygens (including phenoxy) is 1. The lowest BCUT2D eigenvalue weighted by Gasteiger charge is -2.24. The van der Waals surface area contributed by atoms with Gasteiger partial charge in [0, 0.05) is 31.6 Å². The predicted octanol–water partition coefficient (Wildman–Crippen LogP) is -1.42. The van der Waals surface area contributed by atoms with Gasteiger partial charge in [-0.2, -0.15) is 0 Å². The van der Waals surface area contributed by atoms with Gasteiger partial charge in [-0.15, -0.1) is 0 Å². The zero-order chi connectivity index (χ0) is 26.8. The molecule has 0 saturated heterocycles. The minimum Gasteiger partial charge on any atom is -0.491 e. The van der Waals surface area contributed by atoms with Crippen LogP contribution >= 0.6 is 0 Å². The van der Waals surface area contributed by atoms with E-state index in [1.54, 1.807) is 31.3 Å². The Hall–Kier alpha value is -4.55. The highest BCUT2D eigenvalue weighted by molar-refractivity contribution is 6.01. The maximum absolute atomic E-state index is 13.1. The second-order valence-electron chi connectivity index (χ2n) is 8.48. The zero-order valence-corrected chi connectivity index (χ0v) is 20.2. The Kier molecular flexibility index (Phi) is 9.47. The van der Waals surface area contributed by atoms with Crippen molar-refractivity contribution in [3.05, 3.63) is 54.1 Å². The van der Waals surface area contributed by atoms with Gasteiger partial charge in [0.15, 0.2) is 0 Å². The van der Waals surface area contributed by atoms with Crippen molar-refractivity contribution in [1.29, 1.82) is 0 Å². The average molecular weight is 512 g/mol. The molecule has 3 rings (SSSR count). The highest BCUT2D eigenvalue weighted by Gasteiger charge is 2.30.